The molecule has 3 aromatic rings. The number of aliphatic imine (C=N–C) groups is 1. The number of halogens is 2. The third-order valence-corrected chi connectivity index (χ3v) is 5.98. The van der Waals surface area contributed by atoms with Crippen molar-refractivity contribution >= 4 is 50.5 Å². The van der Waals surface area contributed by atoms with E-state index in [1.807, 2.05) is 36.4 Å². The summed E-state index contributed by atoms with van der Waals surface area (Å²) in [4.78, 5) is 17.2. The lowest BCUT2D eigenvalue weighted by Crippen LogP contribution is -2.19. The van der Waals surface area contributed by atoms with Crippen LogP contribution in [0.5, 0.6) is 11.5 Å². The quantitative estimate of drug-likeness (QED) is 0.407. The van der Waals surface area contributed by atoms with E-state index in [1.54, 1.807) is 31.4 Å². The van der Waals surface area contributed by atoms with Gasteiger partial charge in [-0.15, -0.1) is 0 Å². The van der Waals surface area contributed by atoms with E-state index >= 15 is 0 Å². The lowest BCUT2D eigenvalue weighted by molar-refractivity contribution is -0.115. The molecule has 4 rings (SSSR count). The van der Waals surface area contributed by atoms with Crippen molar-refractivity contribution in [1.29, 1.82) is 0 Å². The number of thioether (sulfide) groups is 1. The number of methoxy groups -OCH3 is 1. The molecular formula is C24H18BrFN2O3S. The first-order valence-electron chi connectivity index (χ1n) is 9.61. The third kappa shape index (κ3) is 5.38. The second-order valence-corrected chi connectivity index (χ2v) is 8.65. The van der Waals surface area contributed by atoms with Crippen molar-refractivity contribution in [2.45, 2.75) is 6.61 Å². The summed E-state index contributed by atoms with van der Waals surface area (Å²) in [5.41, 5.74) is 2.36. The highest BCUT2D eigenvalue weighted by Crippen LogP contribution is 2.38. The Morgan fingerprint density at radius 3 is 2.59 bits per heavy atom. The molecule has 8 heteroatoms. The van der Waals surface area contributed by atoms with E-state index < -0.39 is 0 Å². The van der Waals surface area contributed by atoms with Gasteiger partial charge < -0.3 is 14.8 Å². The molecule has 1 amide bonds. The van der Waals surface area contributed by atoms with Gasteiger partial charge in [-0.05, 0) is 81.3 Å². The molecule has 0 unspecified atom stereocenters. The lowest BCUT2D eigenvalue weighted by Gasteiger charge is -2.13. The molecule has 32 heavy (non-hydrogen) atoms. The zero-order valence-electron chi connectivity index (χ0n) is 17.0. The first kappa shape index (κ1) is 22.1. The summed E-state index contributed by atoms with van der Waals surface area (Å²) < 4.78 is 25.3. The number of rotatable bonds is 6. The summed E-state index contributed by atoms with van der Waals surface area (Å²) in [6.45, 7) is 0.400. The average molecular weight is 513 g/mol. The number of ether oxygens (including phenoxy) is 2. The van der Waals surface area contributed by atoms with Gasteiger partial charge in [-0.25, -0.2) is 9.38 Å². The number of nitrogens with zero attached hydrogens (tertiary/aromatic N) is 1. The number of amidine groups is 1. The predicted octanol–water partition coefficient (Wildman–Crippen LogP) is 6.07. The maximum absolute atomic E-state index is 13.1. The van der Waals surface area contributed by atoms with Crippen LogP contribution < -0.4 is 14.8 Å². The van der Waals surface area contributed by atoms with Crippen molar-refractivity contribution in [3.63, 3.8) is 0 Å². The number of nitrogens with one attached hydrogen (secondary N) is 1. The van der Waals surface area contributed by atoms with E-state index in [0.717, 1.165) is 11.1 Å². The number of carbonyl (C=O) groups is 1. The standard InChI is InChI=1S/C24H18BrFN2O3S/c1-30-20-12-16(11-19(25)22(20)31-14-15-5-3-2-4-6-15)13-21-23(29)28-24(32-21)27-18-9-7-17(26)8-10-18/h2-13H,14H2,1H3,(H,27,28,29)/b21-13+. The Morgan fingerprint density at radius 1 is 1.12 bits per heavy atom. The minimum Gasteiger partial charge on any atom is -0.493 e. The highest BCUT2D eigenvalue weighted by molar-refractivity contribution is 9.10. The largest absolute Gasteiger partial charge is 0.493 e. The van der Waals surface area contributed by atoms with E-state index in [0.29, 0.717) is 38.3 Å². The van der Waals surface area contributed by atoms with Crippen LogP contribution in [0.3, 0.4) is 0 Å². The van der Waals surface area contributed by atoms with Crippen LogP contribution in [-0.4, -0.2) is 18.2 Å². The SMILES string of the molecule is COc1cc(/C=C2/SC(=Nc3ccc(F)cc3)NC2=O)cc(Br)c1OCc1ccccc1. The molecule has 0 spiro atoms. The van der Waals surface area contributed by atoms with Crippen molar-refractivity contribution < 1.29 is 18.7 Å². The fraction of sp³-hybridized carbons (Fsp3) is 0.0833. The van der Waals surface area contributed by atoms with E-state index in [-0.39, 0.29) is 11.7 Å². The van der Waals surface area contributed by atoms with Gasteiger partial charge in [0.05, 0.1) is 22.2 Å². The maximum atomic E-state index is 13.1. The first-order valence-corrected chi connectivity index (χ1v) is 11.2. The van der Waals surface area contributed by atoms with Gasteiger partial charge in [0.2, 0.25) is 0 Å². The molecule has 162 valence electrons. The van der Waals surface area contributed by atoms with Gasteiger partial charge >= 0.3 is 0 Å². The van der Waals surface area contributed by atoms with Gasteiger partial charge in [-0.2, -0.15) is 0 Å². The van der Waals surface area contributed by atoms with Crippen molar-refractivity contribution in [2.75, 3.05) is 7.11 Å². The molecule has 1 aliphatic heterocycles. The molecule has 0 atom stereocenters. The van der Waals surface area contributed by atoms with Crippen LogP contribution in [0.4, 0.5) is 10.1 Å². The molecule has 1 N–H and O–H groups in total. The smallest absolute Gasteiger partial charge is 0.264 e. The van der Waals surface area contributed by atoms with Crippen LogP contribution in [0.1, 0.15) is 11.1 Å². The monoisotopic (exact) mass is 512 g/mol. The molecule has 1 fully saturated rings. The number of carbonyl (C=O) groups excluding carboxylic acids is 1. The molecule has 0 aliphatic carbocycles. The van der Waals surface area contributed by atoms with Gasteiger partial charge in [-0.3, -0.25) is 4.79 Å². The minimum atomic E-state index is -0.339. The van der Waals surface area contributed by atoms with Crippen LogP contribution in [-0.2, 0) is 11.4 Å². The normalized spacial score (nSPS) is 15.8. The third-order valence-electron chi connectivity index (χ3n) is 4.48. The highest BCUT2D eigenvalue weighted by atomic mass is 79.9. The molecule has 1 aliphatic rings. The van der Waals surface area contributed by atoms with Crippen LogP contribution >= 0.6 is 27.7 Å². The van der Waals surface area contributed by atoms with Gasteiger partial charge in [0.1, 0.15) is 12.4 Å². The summed E-state index contributed by atoms with van der Waals surface area (Å²) in [6, 6.07) is 19.2. The Bertz CT molecular complexity index is 1200. The molecular weight excluding hydrogens is 495 g/mol. The lowest BCUT2D eigenvalue weighted by atomic mass is 10.2. The van der Waals surface area contributed by atoms with E-state index in [9.17, 15) is 9.18 Å². The Hall–Kier alpha value is -3.10. The Morgan fingerprint density at radius 2 is 1.88 bits per heavy atom. The molecule has 0 bridgehead atoms. The fourth-order valence-corrected chi connectivity index (χ4v) is 4.37. The molecule has 0 saturated carbocycles. The summed E-state index contributed by atoms with van der Waals surface area (Å²) in [7, 11) is 1.57. The molecule has 3 aromatic carbocycles. The maximum Gasteiger partial charge on any atom is 0.264 e. The zero-order valence-corrected chi connectivity index (χ0v) is 19.4. The number of benzene rings is 3. The summed E-state index contributed by atoms with van der Waals surface area (Å²) in [6.07, 6.45) is 1.75. The molecule has 1 heterocycles. The minimum absolute atomic E-state index is 0.254. The van der Waals surface area contributed by atoms with E-state index in [4.69, 9.17) is 9.47 Å². The topological polar surface area (TPSA) is 59.9 Å². The van der Waals surface area contributed by atoms with Crippen LogP contribution in [0.2, 0.25) is 0 Å². The molecule has 5 nitrogen and oxygen atoms in total. The number of hydrogen-bond acceptors (Lipinski definition) is 5. The summed E-state index contributed by atoms with van der Waals surface area (Å²) >= 11 is 4.76. The zero-order chi connectivity index (χ0) is 22.5. The first-order chi connectivity index (χ1) is 15.5. The van der Waals surface area contributed by atoms with Gasteiger partial charge in [0.25, 0.3) is 5.91 Å². The van der Waals surface area contributed by atoms with Gasteiger partial charge in [0, 0.05) is 0 Å². The van der Waals surface area contributed by atoms with Crippen molar-refractivity contribution in [2.24, 2.45) is 4.99 Å². The van der Waals surface area contributed by atoms with Crippen molar-refractivity contribution in [3.8, 4) is 11.5 Å². The van der Waals surface area contributed by atoms with Crippen molar-refractivity contribution in [1.82, 2.24) is 5.32 Å². The number of amides is 1. The second kappa shape index (κ2) is 10.0. The molecule has 1 saturated heterocycles. The molecule has 0 radical (unpaired) electrons. The Balaban J connectivity index is 1.53. The Labute approximate surface area is 197 Å². The van der Waals surface area contributed by atoms with E-state index in [1.165, 1.54) is 23.9 Å². The van der Waals surface area contributed by atoms with Gasteiger partial charge in [-0.1, -0.05) is 30.3 Å². The predicted molar refractivity (Wildman–Crippen MR) is 129 cm³/mol. The highest BCUT2D eigenvalue weighted by Gasteiger charge is 2.24. The van der Waals surface area contributed by atoms with Crippen LogP contribution in [0.15, 0.2) is 81.1 Å². The number of hydrogen-bond donors (Lipinski definition) is 1. The van der Waals surface area contributed by atoms with Crippen molar-refractivity contribution in [3.05, 3.63) is 93.1 Å². The van der Waals surface area contributed by atoms with E-state index in [2.05, 4.69) is 26.2 Å². The summed E-state index contributed by atoms with van der Waals surface area (Å²) in [5.74, 6) is 0.537. The van der Waals surface area contributed by atoms with Crippen LogP contribution in [0, 0.1) is 5.82 Å². The fourth-order valence-electron chi connectivity index (χ4n) is 2.96. The summed E-state index contributed by atoms with van der Waals surface area (Å²) in [5, 5.41) is 3.16. The molecule has 0 aromatic heterocycles. The second-order valence-electron chi connectivity index (χ2n) is 6.77. The van der Waals surface area contributed by atoms with Crippen LogP contribution in [0.25, 0.3) is 6.08 Å². The van der Waals surface area contributed by atoms with Gasteiger partial charge in [0.15, 0.2) is 16.7 Å². The Kier molecular flexibility index (Phi) is 6.92. The average Bonchev–Trinajstić information content (AvgIpc) is 3.13.